The molecule has 21 heavy (non-hydrogen) atoms. The van der Waals surface area contributed by atoms with Crippen LogP contribution in [0.1, 0.15) is 26.3 Å². The lowest BCUT2D eigenvalue weighted by molar-refractivity contribution is 0.492. The van der Waals surface area contributed by atoms with Crippen molar-refractivity contribution in [1.82, 2.24) is 14.8 Å². The summed E-state index contributed by atoms with van der Waals surface area (Å²) < 4.78 is 13.6. The van der Waals surface area contributed by atoms with E-state index in [-0.39, 0.29) is 0 Å². The van der Waals surface area contributed by atoms with E-state index in [0.717, 1.165) is 36.2 Å². The van der Waals surface area contributed by atoms with E-state index in [1.54, 1.807) is 6.20 Å². The fourth-order valence-corrected chi connectivity index (χ4v) is 3.79. The van der Waals surface area contributed by atoms with Gasteiger partial charge >= 0.3 is 0 Å². The number of hydrogen-bond acceptors (Lipinski definition) is 4. The Morgan fingerprint density at radius 2 is 2.14 bits per heavy atom. The maximum atomic E-state index is 11.5. The maximum Gasteiger partial charge on any atom is 0.160 e. The first-order valence-electron chi connectivity index (χ1n) is 7.24. The Hall–Kier alpha value is -1.14. The monoisotopic (exact) mass is 326 g/mol. The second-order valence-electron chi connectivity index (χ2n) is 5.38. The molecular weight excluding hydrogens is 308 g/mol. The summed E-state index contributed by atoms with van der Waals surface area (Å²) in [6.07, 6.45) is 2.80. The van der Waals surface area contributed by atoms with Crippen molar-refractivity contribution in [3.8, 4) is 0 Å². The molecule has 0 saturated carbocycles. The minimum absolute atomic E-state index is 0.304. The van der Waals surface area contributed by atoms with Gasteiger partial charge in [-0.15, -0.1) is 0 Å². The van der Waals surface area contributed by atoms with E-state index in [0.29, 0.717) is 22.7 Å². The van der Waals surface area contributed by atoms with Gasteiger partial charge in [-0.3, -0.25) is 8.89 Å². The van der Waals surface area contributed by atoms with Crippen LogP contribution in [0.4, 0.5) is 5.82 Å². The van der Waals surface area contributed by atoms with Gasteiger partial charge in [0.1, 0.15) is 5.15 Å². The van der Waals surface area contributed by atoms with E-state index in [1.807, 2.05) is 10.7 Å². The van der Waals surface area contributed by atoms with Crippen LogP contribution in [0.3, 0.4) is 0 Å². The normalized spacial score (nSPS) is 18.3. The Kier molecular flexibility index (Phi) is 4.17. The van der Waals surface area contributed by atoms with Crippen LogP contribution in [0, 0.1) is 0 Å². The second kappa shape index (κ2) is 5.93. The third-order valence-electron chi connectivity index (χ3n) is 4.02. The topological polar surface area (TPSA) is 51.0 Å². The van der Waals surface area contributed by atoms with Crippen LogP contribution in [0.5, 0.6) is 0 Å². The predicted molar refractivity (Wildman–Crippen MR) is 87.6 cm³/mol. The Balaban J connectivity index is 2.08. The minimum Gasteiger partial charge on any atom is -0.353 e. The molecule has 3 heterocycles. The maximum absolute atomic E-state index is 11.5. The SMILES string of the molecule is CCC(C)n1nc(N2CCS(=O)CC2)c2cnc(Cl)cc21. The first kappa shape index (κ1) is 14.8. The van der Waals surface area contributed by atoms with Crippen LogP contribution >= 0.6 is 11.6 Å². The quantitative estimate of drug-likeness (QED) is 0.814. The van der Waals surface area contributed by atoms with E-state index in [2.05, 4.69) is 23.7 Å². The van der Waals surface area contributed by atoms with Gasteiger partial charge in [-0.05, 0) is 13.3 Å². The highest BCUT2D eigenvalue weighted by Crippen LogP contribution is 2.30. The smallest absolute Gasteiger partial charge is 0.160 e. The Morgan fingerprint density at radius 3 is 2.81 bits per heavy atom. The van der Waals surface area contributed by atoms with Gasteiger partial charge in [-0.1, -0.05) is 18.5 Å². The number of anilines is 1. The first-order valence-corrected chi connectivity index (χ1v) is 9.10. The molecule has 0 radical (unpaired) electrons. The fraction of sp³-hybridized carbons (Fsp3) is 0.571. The minimum atomic E-state index is -0.689. The lowest BCUT2D eigenvalue weighted by atomic mass is 10.2. The summed E-state index contributed by atoms with van der Waals surface area (Å²) in [6, 6.07) is 2.18. The number of nitrogens with zero attached hydrogens (tertiary/aromatic N) is 4. The molecule has 1 atom stereocenters. The van der Waals surface area contributed by atoms with E-state index >= 15 is 0 Å². The molecule has 3 rings (SSSR count). The Labute approximate surface area is 131 Å². The third-order valence-corrected chi connectivity index (χ3v) is 5.51. The molecule has 0 bridgehead atoms. The van der Waals surface area contributed by atoms with Crippen molar-refractivity contribution in [1.29, 1.82) is 0 Å². The molecule has 0 spiro atoms. The lowest BCUT2D eigenvalue weighted by Gasteiger charge is -2.26. The standard InChI is InChI=1S/C14H19ClN4OS/c1-3-10(2)19-12-8-13(15)16-9-11(12)14(17-19)18-4-6-21(20)7-5-18/h8-10H,3-7H2,1-2H3. The largest absolute Gasteiger partial charge is 0.353 e. The highest BCUT2D eigenvalue weighted by atomic mass is 35.5. The van der Waals surface area contributed by atoms with Gasteiger partial charge < -0.3 is 4.90 Å². The van der Waals surface area contributed by atoms with E-state index in [9.17, 15) is 4.21 Å². The zero-order chi connectivity index (χ0) is 15.0. The highest BCUT2D eigenvalue weighted by molar-refractivity contribution is 7.85. The second-order valence-corrected chi connectivity index (χ2v) is 7.47. The van der Waals surface area contributed by atoms with Gasteiger partial charge in [-0.25, -0.2) is 4.98 Å². The molecule has 2 aromatic rings. The zero-order valence-electron chi connectivity index (χ0n) is 12.3. The fourth-order valence-electron chi connectivity index (χ4n) is 2.58. The van der Waals surface area contributed by atoms with Crippen LogP contribution in [-0.2, 0) is 10.8 Å². The Morgan fingerprint density at radius 1 is 1.43 bits per heavy atom. The molecule has 0 aliphatic carbocycles. The van der Waals surface area contributed by atoms with Gasteiger partial charge in [0.2, 0.25) is 0 Å². The molecule has 1 aliphatic heterocycles. The number of halogens is 1. The van der Waals surface area contributed by atoms with E-state index < -0.39 is 10.8 Å². The van der Waals surface area contributed by atoms with Crippen molar-refractivity contribution in [3.63, 3.8) is 0 Å². The molecule has 0 aromatic carbocycles. The van der Waals surface area contributed by atoms with Gasteiger partial charge in [0, 0.05) is 53.7 Å². The molecule has 1 unspecified atom stereocenters. The van der Waals surface area contributed by atoms with E-state index in [1.165, 1.54) is 0 Å². The molecule has 1 saturated heterocycles. The van der Waals surface area contributed by atoms with Crippen molar-refractivity contribution >= 4 is 39.1 Å². The van der Waals surface area contributed by atoms with Crippen molar-refractivity contribution in [2.75, 3.05) is 29.5 Å². The molecule has 114 valence electrons. The highest BCUT2D eigenvalue weighted by Gasteiger charge is 2.22. The predicted octanol–water partition coefficient (Wildman–Crippen LogP) is 2.62. The number of rotatable bonds is 3. The van der Waals surface area contributed by atoms with Crippen molar-refractivity contribution in [3.05, 3.63) is 17.4 Å². The molecule has 0 N–H and O–H groups in total. The lowest BCUT2D eigenvalue weighted by Crippen LogP contribution is -2.38. The van der Waals surface area contributed by atoms with Crippen LogP contribution in [-0.4, -0.2) is 43.6 Å². The number of pyridine rings is 1. The Bertz CT molecular complexity index is 677. The first-order chi connectivity index (χ1) is 10.1. The summed E-state index contributed by atoms with van der Waals surface area (Å²) in [5.74, 6) is 2.35. The summed E-state index contributed by atoms with van der Waals surface area (Å²) in [7, 11) is -0.689. The molecular formula is C14H19ClN4OS. The zero-order valence-corrected chi connectivity index (χ0v) is 13.8. The number of fused-ring (bicyclic) bond motifs is 1. The summed E-state index contributed by atoms with van der Waals surface area (Å²) in [6.45, 7) is 5.85. The van der Waals surface area contributed by atoms with Gasteiger partial charge in [-0.2, -0.15) is 5.10 Å². The van der Waals surface area contributed by atoms with Crippen LogP contribution in [0.25, 0.3) is 10.9 Å². The van der Waals surface area contributed by atoms with Crippen molar-refractivity contribution in [2.45, 2.75) is 26.3 Å². The van der Waals surface area contributed by atoms with Crippen molar-refractivity contribution < 1.29 is 4.21 Å². The van der Waals surface area contributed by atoms with Gasteiger partial charge in [0.05, 0.1) is 10.9 Å². The molecule has 0 amide bonds. The van der Waals surface area contributed by atoms with Crippen molar-refractivity contribution in [2.24, 2.45) is 0 Å². The van der Waals surface area contributed by atoms with E-state index in [4.69, 9.17) is 16.7 Å². The summed E-state index contributed by atoms with van der Waals surface area (Å²) >= 11 is 6.05. The molecule has 7 heteroatoms. The molecule has 2 aromatic heterocycles. The molecule has 5 nitrogen and oxygen atoms in total. The molecule has 1 fully saturated rings. The summed E-state index contributed by atoms with van der Waals surface area (Å²) in [5, 5.41) is 6.30. The average molecular weight is 327 g/mol. The molecule has 1 aliphatic rings. The third kappa shape index (κ3) is 2.79. The average Bonchev–Trinajstić information content (AvgIpc) is 2.86. The van der Waals surface area contributed by atoms with Crippen LogP contribution in [0.2, 0.25) is 5.15 Å². The van der Waals surface area contributed by atoms with Crippen LogP contribution < -0.4 is 4.90 Å². The summed E-state index contributed by atoms with van der Waals surface area (Å²) in [4.78, 5) is 6.41. The van der Waals surface area contributed by atoms with Crippen LogP contribution in [0.15, 0.2) is 12.3 Å². The number of aromatic nitrogens is 3. The number of hydrogen-bond donors (Lipinski definition) is 0. The van der Waals surface area contributed by atoms with Gasteiger partial charge in [0.25, 0.3) is 0 Å². The van der Waals surface area contributed by atoms with Gasteiger partial charge in [0.15, 0.2) is 5.82 Å². The summed E-state index contributed by atoms with van der Waals surface area (Å²) in [5.41, 5.74) is 1.02.